The molecular weight excluding hydrogens is 595 g/mol. The molecule has 1 amide bonds. The number of amides is 1. The number of carbonyl (C=O) groups is 1. The van der Waals surface area contributed by atoms with Crippen molar-refractivity contribution in [2.75, 3.05) is 102 Å². The van der Waals surface area contributed by atoms with Crippen molar-refractivity contribution in [3.05, 3.63) is 65.5 Å². The first kappa shape index (κ1) is 36.5. The van der Waals surface area contributed by atoms with Crippen LogP contribution in [0, 0.1) is 5.82 Å². The van der Waals surface area contributed by atoms with E-state index in [-0.39, 0.29) is 11.7 Å². The van der Waals surface area contributed by atoms with E-state index in [1.165, 1.54) is 12.1 Å². The van der Waals surface area contributed by atoms with E-state index in [0.717, 1.165) is 25.1 Å². The molecule has 0 aliphatic carbocycles. The second-order valence-electron chi connectivity index (χ2n) is 10.0. The normalized spacial score (nSPS) is 10.9. The largest absolute Gasteiger partial charge is 0.379 e. The van der Waals surface area contributed by atoms with Crippen molar-refractivity contribution in [1.82, 2.24) is 25.6 Å². The monoisotopic (exact) mass is 642 g/mol. The fourth-order valence-electron chi connectivity index (χ4n) is 3.93. The average Bonchev–Trinajstić information content (AvgIpc) is 3.06. The van der Waals surface area contributed by atoms with Crippen LogP contribution < -0.4 is 26.6 Å². The summed E-state index contributed by atoms with van der Waals surface area (Å²) in [5.74, 6) is 0.594. The number of benzene rings is 2. The number of nitrogens with zero attached hydrogens (tertiary/aromatic N) is 3. The quantitative estimate of drug-likeness (QED) is 0.0863. The highest BCUT2D eigenvalue weighted by molar-refractivity contribution is 5.94. The molecule has 0 radical (unpaired) electrons. The van der Waals surface area contributed by atoms with Gasteiger partial charge in [0, 0.05) is 44.0 Å². The van der Waals surface area contributed by atoms with E-state index >= 15 is 0 Å². The van der Waals surface area contributed by atoms with Gasteiger partial charge < -0.3 is 45.5 Å². The van der Waals surface area contributed by atoms with Gasteiger partial charge in [-0.2, -0.15) is 15.0 Å². The van der Waals surface area contributed by atoms with Crippen LogP contribution in [-0.2, 0) is 25.4 Å². The second-order valence-corrected chi connectivity index (χ2v) is 10.0. The molecule has 0 unspecified atom stereocenters. The van der Waals surface area contributed by atoms with Crippen LogP contribution >= 0.6 is 0 Å². The first-order chi connectivity index (χ1) is 22.6. The summed E-state index contributed by atoms with van der Waals surface area (Å²) < 4.78 is 35.2. The van der Waals surface area contributed by atoms with E-state index in [0.29, 0.717) is 101 Å². The number of ether oxygens (including phenoxy) is 4. The maximum Gasteiger partial charge on any atom is 0.251 e. The summed E-state index contributed by atoms with van der Waals surface area (Å²) in [5.41, 5.74) is 2.20. The standard InChI is InChI=1S/C32H47FN8O5/c1-3-17-43-21-22-45-19-15-35-29(42)26-6-10-28(11-7-26)38-32-40-30(36-13-12-25-4-8-27(33)9-5-25)39-31(41-32)37-16-20-46-24-23-44-18-14-34-2/h4-11,34H,3,12-24H2,1-2H3,(H,35,42)(H3,36,37,38,39,40,41). The number of carbonyl (C=O) groups excluding carboxylic acids is 1. The zero-order chi connectivity index (χ0) is 32.7. The molecule has 2 aromatic carbocycles. The lowest BCUT2D eigenvalue weighted by Gasteiger charge is -2.12. The molecule has 1 heterocycles. The van der Waals surface area contributed by atoms with Crippen LogP contribution in [0.3, 0.4) is 0 Å². The van der Waals surface area contributed by atoms with Crippen LogP contribution in [-0.4, -0.2) is 107 Å². The summed E-state index contributed by atoms with van der Waals surface area (Å²) >= 11 is 0. The highest BCUT2D eigenvalue weighted by Gasteiger charge is 2.09. The van der Waals surface area contributed by atoms with E-state index in [4.69, 9.17) is 18.9 Å². The maximum atomic E-state index is 13.3. The third kappa shape index (κ3) is 15.4. The molecule has 0 atom stereocenters. The fourth-order valence-corrected chi connectivity index (χ4v) is 3.93. The smallest absolute Gasteiger partial charge is 0.251 e. The van der Waals surface area contributed by atoms with Crippen molar-refractivity contribution in [3.63, 3.8) is 0 Å². The highest BCUT2D eigenvalue weighted by atomic mass is 19.1. The molecule has 0 bridgehead atoms. The van der Waals surface area contributed by atoms with Crippen LogP contribution in [0.1, 0.15) is 29.3 Å². The summed E-state index contributed by atoms with van der Waals surface area (Å²) in [6.07, 6.45) is 1.63. The lowest BCUT2D eigenvalue weighted by molar-refractivity contribution is 0.0485. The number of halogens is 1. The van der Waals surface area contributed by atoms with Gasteiger partial charge in [0.25, 0.3) is 5.91 Å². The van der Waals surface area contributed by atoms with Gasteiger partial charge in [-0.3, -0.25) is 4.79 Å². The molecule has 3 aromatic rings. The van der Waals surface area contributed by atoms with Gasteiger partial charge in [0.15, 0.2) is 0 Å². The van der Waals surface area contributed by atoms with Gasteiger partial charge in [0.2, 0.25) is 17.8 Å². The zero-order valence-electron chi connectivity index (χ0n) is 26.8. The minimum Gasteiger partial charge on any atom is -0.379 e. The number of nitrogens with one attached hydrogen (secondary N) is 5. The summed E-state index contributed by atoms with van der Waals surface area (Å²) in [4.78, 5) is 26.0. The molecule has 14 heteroatoms. The number of anilines is 4. The van der Waals surface area contributed by atoms with Crippen LogP contribution in [0.15, 0.2) is 48.5 Å². The van der Waals surface area contributed by atoms with Crippen molar-refractivity contribution in [2.45, 2.75) is 19.8 Å². The van der Waals surface area contributed by atoms with Gasteiger partial charge in [0.1, 0.15) is 5.82 Å². The Labute approximate surface area is 270 Å². The second kappa shape index (κ2) is 22.5. The molecule has 0 aliphatic rings. The Bertz CT molecular complexity index is 1250. The Morgan fingerprint density at radius 3 is 1.87 bits per heavy atom. The molecule has 5 N–H and O–H groups in total. The van der Waals surface area contributed by atoms with Crippen molar-refractivity contribution in [1.29, 1.82) is 0 Å². The van der Waals surface area contributed by atoms with Crippen LogP contribution in [0.4, 0.5) is 27.9 Å². The SMILES string of the molecule is CCCOCCOCCNC(=O)c1ccc(Nc2nc(NCCOCCOCCNC)nc(NCCc3ccc(F)cc3)n2)cc1. The predicted molar refractivity (Wildman–Crippen MR) is 176 cm³/mol. The average molecular weight is 643 g/mol. The maximum absolute atomic E-state index is 13.3. The first-order valence-corrected chi connectivity index (χ1v) is 15.7. The molecular formula is C32H47FN8O5. The Balaban J connectivity index is 1.51. The van der Waals surface area contributed by atoms with E-state index in [9.17, 15) is 9.18 Å². The lowest BCUT2D eigenvalue weighted by atomic mass is 10.1. The van der Waals surface area contributed by atoms with Crippen LogP contribution in [0.25, 0.3) is 0 Å². The third-order valence-electron chi connectivity index (χ3n) is 6.30. The Morgan fingerprint density at radius 1 is 0.674 bits per heavy atom. The Morgan fingerprint density at radius 2 is 1.24 bits per heavy atom. The minimum absolute atomic E-state index is 0.191. The molecule has 46 heavy (non-hydrogen) atoms. The van der Waals surface area contributed by atoms with Crippen molar-refractivity contribution in [3.8, 4) is 0 Å². The molecule has 13 nitrogen and oxygen atoms in total. The number of hydrogen-bond acceptors (Lipinski definition) is 12. The van der Waals surface area contributed by atoms with Crippen molar-refractivity contribution >= 4 is 29.4 Å². The third-order valence-corrected chi connectivity index (χ3v) is 6.30. The zero-order valence-corrected chi connectivity index (χ0v) is 26.8. The predicted octanol–water partition coefficient (Wildman–Crippen LogP) is 3.25. The molecule has 3 rings (SSSR count). The Kier molecular flexibility index (Phi) is 17.9. The number of likely N-dealkylation sites (N-methyl/N-ethyl adjacent to an activating group) is 1. The summed E-state index contributed by atoms with van der Waals surface area (Å²) in [7, 11) is 1.88. The summed E-state index contributed by atoms with van der Waals surface area (Å²) in [6, 6.07) is 13.4. The fraction of sp³-hybridized carbons (Fsp3) is 0.500. The van der Waals surface area contributed by atoms with E-state index < -0.39 is 0 Å². The number of hydrogen-bond donors (Lipinski definition) is 5. The van der Waals surface area contributed by atoms with Gasteiger partial charge in [-0.05, 0) is 61.9 Å². The van der Waals surface area contributed by atoms with Gasteiger partial charge in [0.05, 0.1) is 46.2 Å². The molecule has 252 valence electrons. The first-order valence-electron chi connectivity index (χ1n) is 15.7. The summed E-state index contributed by atoms with van der Waals surface area (Å²) in [6.45, 7) is 8.53. The summed E-state index contributed by atoms with van der Waals surface area (Å²) in [5, 5.41) is 15.4. The Hall–Kier alpha value is -3.95. The van der Waals surface area contributed by atoms with Gasteiger partial charge in [-0.1, -0.05) is 19.1 Å². The topological polar surface area (TPSA) is 153 Å². The van der Waals surface area contributed by atoms with Crippen LogP contribution in [0.2, 0.25) is 0 Å². The molecule has 0 spiro atoms. The minimum atomic E-state index is -0.270. The number of rotatable bonds is 25. The van der Waals surface area contributed by atoms with Crippen molar-refractivity contribution in [2.24, 2.45) is 0 Å². The molecule has 0 fully saturated rings. The number of aromatic nitrogens is 3. The highest BCUT2D eigenvalue weighted by Crippen LogP contribution is 2.17. The van der Waals surface area contributed by atoms with Gasteiger partial charge in [-0.25, -0.2) is 4.39 Å². The van der Waals surface area contributed by atoms with E-state index in [1.807, 2.05) is 7.05 Å². The van der Waals surface area contributed by atoms with E-state index in [2.05, 4.69) is 48.5 Å². The van der Waals surface area contributed by atoms with E-state index in [1.54, 1.807) is 36.4 Å². The van der Waals surface area contributed by atoms with Gasteiger partial charge >= 0.3 is 0 Å². The molecule has 1 aromatic heterocycles. The molecule has 0 saturated carbocycles. The van der Waals surface area contributed by atoms with Crippen LogP contribution in [0.5, 0.6) is 0 Å². The molecule has 0 saturated heterocycles. The van der Waals surface area contributed by atoms with Crippen molar-refractivity contribution < 1.29 is 28.1 Å². The van der Waals surface area contributed by atoms with Gasteiger partial charge in [-0.15, -0.1) is 0 Å². The lowest BCUT2D eigenvalue weighted by Crippen LogP contribution is -2.27. The molecule has 0 aliphatic heterocycles.